The predicted octanol–water partition coefficient (Wildman–Crippen LogP) is 4.67. The van der Waals surface area contributed by atoms with Crippen LogP contribution in [0, 0.1) is 18.6 Å². The molecule has 0 amide bonds. The van der Waals surface area contributed by atoms with Crippen LogP contribution in [0.4, 0.5) is 8.78 Å². The molecule has 7 heteroatoms. The summed E-state index contributed by atoms with van der Waals surface area (Å²) in [5, 5.41) is 3.35. The number of pyridine rings is 1. The Balaban J connectivity index is 1.56. The minimum absolute atomic E-state index is 0.111. The van der Waals surface area contributed by atoms with Crippen LogP contribution in [-0.2, 0) is 13.1 Å². The Hall–Kier alpha value is -3.45. The lowest BCUT2D eigenvalue weighted by molar-refractivity contribution is 0.590. The van der Waals surface area contributed by atoms with E-state index in [-0.39, 0.29) is 5.52 Å². The molecule has 2 aromatic carbocycles. The molecule has 2 aromatic heterocycles. The Labute approximate surface area is 178 Å². The van der Waals surface area contributed by atoms with Crippen molar-refractivity contribution >= 4 is 16.7 Å². The number of aliphatic imine (C=N–C) groups is 1. The second kappa shape index (κ2) is 7.67. The van der Waals surface area contributed by atoms with Gasteiger partial charge in [0, 0.05) is 36.1 Å². The van der Waals surface area contributed by atoms with Crippen molar-refractivity contribution in [2.75, 3.05) is 6.54 Å². The van der Waals surface area contributed by atoms with Gasteiger partial charge in [-0.15, -0.1) is 0 Å². The molecule has 1 aliphatic heterocycles. The van der Waals surface area contributed by atoms with Gasteiger partial charge in [0.1, 0.15) is 17.0 Å². The van der Waals surface area contributed by atoms with E-state index in [0.717, 1.165) is 47.0 Å². The fourth-order valence-corrected chi connectivity index (χ4v) is 4.01. The number of benzene rings is 2. The van der Waals surface area contributed by atoms with Crippen molar-refractivity contribution in [3.63, 3.8) is 0 Å². The molecule has 0 aliphatic carbocycles. The van der Waals surface area contributed by atoms with Crippen LogP contribution in [-0.4, -0.2) is 27.2 Å². The molecule has 0 radical (unpaired) electrons. The van der Waals surface area contributed by atoms with Crippen molar-refractivity contribution < 1.29 is 8.78 Å². The Morgan fingerprint density at radius 2 is 1.97 bits per heavy atom. The number of imidazole rings is 1. The second-order valence-corrected chi connectivity index (χ2v) is 7.66. The summed E-state index contributed by atoms with van der Waals surface area (Å²) >= 11 is 0. The van der Waals surface area contributed by atoms with Crippen LogP contribution in [0.5, 0.6) is 0 Å². The molecule has 4 aromatic rings. The molecule has 0 saturated carbocycles. The molecule has 0 fully saturated rings. The molecule has 0 saturated heterocycles. The fourth-order valence-electron chi connectivity index (χ4n) is 4.01. The first-order chi connectivity index (χ1) is 15.0. The lowest BCUT2D eigenvalue weighted by Crippen LogP contribution is -2.13. The number of hydrogen-bond donors (Lipinski definition) is 2. The molecule has 31 heavy (non-hydrogen) atoms. The predicted molar refractivity (Wildman–Crippen MR) is 117 cm³/mol. The van der Waals surface area contributed by atoms with E-state index in [1.165, 1.54) is 11.6 Å². The number of H-pyrrole nitrogens is 1. The number of nitrogens with one attached hydrogen (secondary N) is 2. The third kappa shape index (κ3) is 3.41. The van der Waals surface area contributed by atoms with Gasteiger partial charge in [0.05, 0.1) is 12.1 Å². The van der Waals surface area contributed by atoms with Crippen molar-refractivity contribution in [2.45, 2.75) is 26.9 Å². The highest BCUT2D eigenvalue weighted by molar-refractivity contribution is 6.14. The molecule has 0 bridgehead atoms. The molecular formula is C24H21F2N5. The van der Waals surface area contributed by atoms with Crippen LogP contribution in [0.15, 0.2) is 47.7 Å². The molecular weight excluding hydrogens is 396 g/mol. The van der Waals surface area contributed by atoms with Crippen LogP contribution >= 0.6 is 0 Å². The summed E-state index contributed by atoms with van der Waals surface area (Å²) in [7, 11) is 0. The summed E-state index contributed by atoms with van der Waals surface area (Å²) in [5.41, 5.74) is 7.51. The van der Waals surface area contributed by atoms with Gasteiger partial charge in [-0.1, -0.05) is 19.1 Å². The third-order valence-electron chi connectivity index (χ3n) is 5.70. The monoisotopic (exact) mass is 417 g/mol. The van der Waals surface area contributed by atoms with E-state index < -0.39 is 11.6 Å². The molecule has 1 aliphatic rings. The zero-order chi connectivity index (χ0) is 21.5. The SMILES string of the molecule is CCNCc1cncc(-c2ccc3c(c2)C(c2nc4c(F)cc(F)cc4[nH]2)=NC3)c1C. The number of aromatic nitrogens is 3. The van der Waals surface area contributed by atoms with Gasteiger partial charge in [0.15, 0.2) is 11.6 Å². The number of rotatable bonds is 5. The molecule has 0 spiro atoms. The largest absolute Gasteiger partial charge is 0.336 e. The average molecular weight is 417 g/mol. The Morgan fingerprint density at radius 3 is 2.81 bits per heavy atom. The normalized spacial score (nSPS) is 13.0. The van der Waals surface area contributed by atoms with Gasteiger partial charge in [-0.05, 0) is 47.9 Å². The number of fused-ring (bicyclic) bond motifs is 2. The van der Waals surface area contributed by atoms with Gasteiger partial charge in [-0.25, -0.2) is 13.8 Å². The molecule has 5 nitrogen and oxygen atoms in total. The van der Waals surface area contributed by atoms with Crippen LogP contribution in [0.1, 0.15) is 35.0 Å². The summed E-state index contributed by atoms with van der Waals surface area (Å²) in [5.74, 6) is -0.896. The minimum Gasteiger partial charge on any atom is -0.336 e. The molecule has 5 rings (SSSR count). The van der Waals surface area contributed by atoms with Crippen molar-refractivity contribution in [1.29, 1.82) is 0 Å². The van der Waals surface area contributed by atoms with Crippen LogP contribution < -0.4 is 5.32 Å². The number of hydrogen-bond acceptors (Lipinski definition) is 4. The lowest BCUT2D eigenvalue weighted by Gasteiger charge is -2.12. The van der Waals surface area contributed by atoms with E-state index >= 15 is 0 Å². The van der Waals surface area contributed by atoms with E-state index in [1.807, 2.05) is 12.4 Å². The number of halogens is 2. The number of nitrogens with zero attached hydrogens (tertiary/aromatic N) is 3. The zero-order valence-electron chi connectivity index (χ0n) is 17.3. The van der Waals surface area contributed by atoms with E-state index in [0.29, 0.717) is 23.6 Å². The van der Waals surface area contributed by atoms with Crippen molar-refractivity contribution in [1.82, 2.24) is 20.3 Å². The smallest absolute Gasteiger partial charge is 0.157 e. The summed E-state index contributed by atoms with van der Waals surface area (Å²) in [6.07, 6.45) is 3.77. The van der Waals surface area contributed by atoms with Gasteiger partial charge >= 0.3 is 0 Å². The van der Waals surface area contributed by atoms with Crippen LogP contribution in [0.3, 0.4) is 0 Å². The molecule has 0 unspecified atom stereocenters. The zero-order valence-corrected chi connectivity index (χ0v) is 17.3. The van der Waals surface area contributed by atoms with Gasteiger partial charge in [0.2, 0.25) is 0 Å². The standard InChI is InChI=1S/C24H21F2N5/c1-3-27-9-16-10-28-12-19(13(16)2)14-4-5-15-11-29-22(18(15)6-14)24-30-21-8-17(25)7-20(26)23(21)31-24/h4-8,10,12,27H,3,9,11H2,1-2H3,(H,30,31). The van der Waals surface area contributed by atoms with E-state index in [1.54, 1.807) is 0 Å². The summed E-state index contributed by atoms with van der Waals surface area (Å²) in [4.78, 5) is 16.4. The topological polar surface area (TPSA) is 66.0 Å². The molecule has 0 atom stereocenters. The lowest BCUT2D eigenvalue weighted by atomic mass is 9.95. The van der Waals surface area contributed by atoms with Gasteiger partial charge in [-0.3, -0.25) is 9.98 Å². The van der Waals surface area contributed by atoms with Gasteiger partial charge in [-0.2, -0.15) is 0 Å². The van der Waals surface area contributed by atoms with E-state index in [2.05, 4.69) is 57.3 Å². The maximum Gasteiger partial charge on any atom is 0.157 e. The van der Waals surface area contributed by atoms with Gasteiger partial charge < -0.3 is 10.3 Å². The number of aromatic amines is 1. The second-order valence-electron chi connectivity index (χ2n) is 7.66. The molecule has 156 valence electrons. The van der Waals surface area contributed by atoms with Crippen molar-refractivity contribution in [2.24, 2.45) is 4.99 Å². The molecule has 2 N–H and O–H groups in total. The third-order valence-corrected chi connectivity index (χ3v) is 5.70. The minimum atomic E-state index is -0.690. The summed E-state index contributed by atoms with van der Waals surface area (Å²) < 4.78 is 27.7. The van der Waals surface area contributed by atoms with Crippen molar-refractivity contribution in [3.8, 4) is 11.1 Å². The maximum atomic E-state index is 14.1. The van der Waals surface area contributed by atoms with Gasteiger partial charge in [0.25, 0.3) is 0 Å². The Bertz CT molecular complexity index is 1340. The highest BCUT2D eigenvalue weighted by atomic mass is 19.1. The van der Waals surface area contributed by atoms with E-state index in [4.69, 9.17) is 0 Å². The van der Waals surface area contributed by atoms with E-state index in [9.17, 15) is 8.78 Å². The van der Waals surface area contributed by atoms with Crippen molar-refractivity contribution in [3.05, 3.63) is 82.4 Å². The maximum absolute atomic E-state index is 14.1. The first-order valence-corrected chi connectivity index (χ1v) is 10.2. The quantitative estimate of drug-likeness (QED) is 0.496. The Kier molecular flexibility index (Phi) is 4.82. The van der Waals surface area contributed by atoms with Crippen LogP contribution in [0.25, 0.3) is 22.2 Å². The highest BCUT2D eigenvalue weighted by Crippen LogP contribution is 2.31. The highest BCUT2D eigenvalue weighted by Gasteiger charge is 2.22. The molecule has 3 heterocycles. The first kappa shape index (κ1) is 19.5. The average Bonchev–Trinajstić information content (AvgIpc) is 3.36. The summed E-state index contributed by atoms with van der Waals surface area (Å²) in [6.45, 7) is 6.36. The Morgan fingerprint density at radius 1 is 1.10 bits per heavy atom. The van der Waals surface area contributed by atoms with Crippen LogP contribution in [0.2, 0.25) is 0 Å². The first-order valence-electron chi connectivity index (χ1n) is 10.2. The summed E-state index contributed by atoms with van der Waals surface area (Å²) in [6, 6.07) is 8.29. The fraction of sp³-hybridized carbons (Fsp3) is 0.208.